The Bertz CT molecular complexity index is 744. The molecule has 120 valence electrons. The molecule has 1 aromatic rings. The first-order valence-corrected chi connectivity index (χ1v) is 6.79. The van der Waals surface area contributed by atoms with Gasteiger partial charge in [-0.3, -0.25) is 0 Å². The van der Waals surface area contributed by atoms with E-state index in [-0.39, 0.29) is 17.2 Å². The number of nitrogens with zero attached hydrogens (tertiary/aromatic N) is 3. The second kappa shape index (κ2) is 5.75. The van der Waals surface area contributed by atoms with Gasteiger partial charge in [0.15, 0.2) is 5.69 Å². The van der Waals surface area contributed by atoms with Gasteiger partial charge in [0.2, 0.25) is 11.9 Å². The molecule has 8 nitrogen and oxygen atoms in total. The fraction of sp³-hybridized carbons (Fsp3) is 0.333. The van der Waals surface area contributed by atoms with Gasteiger partial charge in [-0.25, -0.2) is 4.79 Å². The number of imide groups is 1. The highest BCUT2D eigenvalue weighted by Crippen LogP contribution is 2.41. The number of amides is 2. The zero-order chi connectivity index (χ0) is 17.3. The number of quaternary nitrogens is 1. The summed E-state index contributed by atoms with van der Waals surface area (Å²) >= 11 is 0. The number of hydrogen-bond donors (Lipinski definition) is 0. The SMILES string of the molecule is CC(C)(C)OC(=O)[N+]1(C(=O)[O-])C(CN=C=O)=Nc2ccccc21. The summed E-state index contributed by atoms with van der Waals surface area (Å²) in [5, 5.41) is 11.9. The molecule has 1 aliphatic heterocycles. The van der Waals surface area contributed by atoms with E-state index in [1.807, 2.05) is 0 Å². The van der Waals surface area contributed by atoms with E-state index in [9.17, 15) is 19.5 Å². The van der Waals surface area contributed by atoms with E-state index in [4.69, 9.17) is 4.74 Å². The van der Waals surface area contributed by atoms with Gasteiger partial charge in [-0.2, -0.15) is 14.8 Å². The van der Waals surface area contributed by atoms with E-state index in [1.165, 1.54) is 12.1 Å². The molecule has 0 saturated carbocycles. The molecule has 2 amide bonds. The predicted molar refractivity (Wildman–Crippen MR) is 79.9 cm³/mol. The average Bonchev–Trinajstić information content (AvgIpc) is 2.78. The van der Waals surface area contributed by atoms with Crippen molar-refractivity contribution in [3.63, 3.8) is 0 Å². The molecule has 2 rings (SSSR count). The number of carbonyl (C=O) groups is 2. The van der Waals surface area contributed by atoms with Crippen LogP contribution in [0.4, 0.5) is 21.0 Å². The minimum atomic E-state index is -1.73. The first kappa shape index (κ1) is 16.5. The Balaban J connectivity index is 2.66. The van der Waals surface area contributed by atoms with Crippen molar-refractivity contribution >= 4 is 35.5 Å². The average molecular weight is 317 g/mol. The van der Waals surface area contributed by atoms with Crippen molar-refractivity contribution in [2.24, 2.45) is 9.98 Å². The Morgan fingerprint density at radius 1 is 1.35 bits per heavy atom. The lowest BCUT2D eigenvalue weighted by atomic mass is 10.2. The largest absolute Gasteiger partial charge is 0.534 e. The zero-order valence-corrected chi connectivity index (χ0v) is 12.9. The van der Waals surface area contributed by atoms with Crippen LogP contribution >= 0.6 is 0 Å². The number of amidine groups is 1. The molecule has 0 spiro atoms. The number of hydrogen-bond acceptors (Lipinski definition) is 7. The fourth-order valence-electron chi connectivity index (χ4n) is 2.25. The van der Waals surface area contributed by atoms with E-state index in [1.54, 1.807) is 39.0 Å². The summed E-state index contributed by atoms with van der Waals surface area (Å²) in [6.07, 6.45) is -1.51. The van der Waals surface area contributed by atoms with E-state index in [2.05, 4.69) is 9.98 Å². The second-order valence-electron chi connectivity index (χ2n) is 5.84. The Morgan fingerprint density at radius 3 is 2.57 bits per heavy atom. The van der Waals surface area contributed by atoms with Crippen molar-refractivity contribution in [3.8, 4) is 0 Å². The molecule has 0 aliphatic carbocycles. The molecule has 0 radical (unpaired) electrons. The molecule has 1 heterocycles. The van der Waals surface area contributed by atoms with Crippen LogP contribution in [0.1, 0.15) is 20.8 Å². The van der Waals surface area contributed by atoms with E-state index in [0.717, 1.165) is 0 Å². The van der Waals surface area contributed by atoms with Crippen molar-refractivity contribution < 1.29 is 24.2 Å². The summed E-state index contributed by atoms with van der Waals surface area (Å²) in [5.74, 6) is -0.191. The number of aliphatic imine (C=N–C) groups is 2. The number of benzene rings is 1. The number of isocyanates is 1. The lowest BCUT2D eigenvalue weighted by Crippen LogP contribution is -2.67. The van der Waals surface area contributed by atoms with Gasteiger partial charge < -0.3 is 14.6 Å². The van der Waals surface area contributed by atoms with Crippen molar-refractivity contribution in [3.05, 3.63) is 24.3 Å². The summed E-state index contributed by atoms with van der Waals surface area (Å²) in [4.78, 5) is 42.4. The number of fused-ring (bicyclic) bond motifs is 1. The lowest BCUT2D eigenvalue weighted by molar-refractivity contribution is -0.257. The smallest absolute Gasteiger partial charge is 0.497 e. The molecular weight excluding hydrogens is 302 g/mol. The monoisotopic (exact) mass is 317 g/mol. The lowest BCUT2D eigenvalue weighted by Gasteiger charge is -2.32. The second-order valence-corrected chi connectivity index (χ2v) is 5.84. The van der Waals surface area contributed by atoms with Gasteiger partial charge in [-0.05, 0) is 26.8 Å². The van der Waals surface area contributed by atoms with Crippen molar-refractivity contribution in [1.29, 1.82) is 0 Å². The molecule has 8 heteroatoms. The van der Waals surface area contributed by atoms with Crippen LogP contribution in [0.15, 0.2) is 34.3 Å². The maximum absolute atomic E-state index is 12.7. The number of rotatable bonds is 2. The van der Waals surface area contributed by atoms with Gasteiger partial charge in [0, 0.05) is 6.07 Å². The molecule has 0 saturated heterocycles. The summed E-state index contributed by atoms with van der Waals surface area (Å²) in [6, 6.07) is 6.21. The van der Waals surface area contributed by atoms with Gasteiger partial charge in [-0.1, -0.05) is 16.6 Å². The normalized spacial score (nSPS) is 19.3. The molecule has 0 bridgehead atoms. The van der Waals surface area contributed by atoms with Crippen LogP contribution in [-0.2, 0) is 9.53 Å². The summed E-state index contributed by atoms with van der Waals surface area (Å²) < 4.78 is 3.87. The fourth-order valence-corrected chi connectivity index (χ4v) is 2.25. The van der Waals surface area contributed by atoms with Crippen LogP contribution in [0.3, 0.4) is 0 Å². The van der Waals surface area contributed by atoms with Crippen LogP contribution in [-0.4, -0.2) is 36.2 Å². The van der Waals surface area contributed by atoms with E-state index >= 15 is 0 Å². The van der Waals surface area contributed by atoms with Gasteiger partial charge in [0.25, 0.3) is 6.09 Å². The van der Waals surface area contributed by atoms with Crippen molar-refractivity contribution in [2.75, 3.05) is 6.54 Å². The van der Waals surface area contributed by atoms with Crippen LogP contribution in [0.5, 0.6) is 0 Å². The molecule has 1 aliphatic rings. The number of carbonyl (C=O) groups excluding carboxylic acids is 3. The molecule has 23 heavy (non-hydrogen) atoms. The number of ether oxygens (including phenoxy) is 1. The minimum Gasteiger partial charge on any atom is -0.497 e. The molecule has 1 atom stereocenters. The van der Waals surface area contributed by atoms with Gasteiger partial charge >= 0.3 is 6.09 Å². The maximum Gasteiger partial charge on any atom is 0.534 e. The van der Waals surface area contributed by atoms with Gasteiger partial charge in [0.05, 0.1) is 0 Å². The molecule has 1 unspecified atom stereocenters. The maximum atomic E-state index is 12.7. The van der Waals surface area contributed by atoms with Gasteiger partial charge in [0.1, 0.15) is 17.8 Å². The summed E-state index contributed by atoms with van der Waals surface area (Å²) in [5.41, 5.74) is -0.564. The van der Waals surface area contributed by atoms with Crippen molar-refractivity contribution in [2.45, 2.75) is 26.4 Å². The number of para-hydroxylation sites is 2. The zero-order valence-electron chi connectivity index (χ0n) is 12.9. The predicted octanol–water partition coefficient (Wildman–Crippen LogP) is 1.65. The van der Waals surface area contributed by atoms with Gasteiger partial charge in [-0.15, -0.1) is 0 Å². The summed E-state index contributed by atoms with van der Waals surface area (Å²) in [7, 11) is 0. The number of carboxylic acid groups (broad SMARTS) is 1. The highest BCUT2D eigenvalue weighted by Gasteiger charge is 2.55. The summed E-state index contributed by atoms with van der Waals surface area (Å²) in [6.45, 7) is 4.42. The molecule has 0 fully saturated rings. The third-order valence-electron chi connectivity index (χ3n) is 3.11. The molecular formula is C15H15N3O5. The highest BCUT2D eigenvalue weighted by atomic mass is 16.6. The van der Waals surface area contributed by atoms with Crippen LogP contribution < -0.4 is 9.59 Å². The Morgan fingerprint density at radius 2 is 2.00 bits per heavy atom. The Kier molecular flexibility index (Phi) is 4.14. The Hall–Kier alpha value is -2.83. The molecule has 0 aromatic heterocycles. The van der Waals surface area contributed by atoms with Crippen LogP contribution in [0.25, 0.3) is 0 Å². The van der Waals surface area contributed by atoms with Crippen LogP contribution in [0, 0.1) is 0 Å². The molecule has 0 N–H and O–H groups in total. The quantitative estimate of drug-likeness (QED) is 0.468. The standard InChI is InChI=1S/C15H15N3O5/c1-15(2,3)23-14(22)18(13(20)21)11-7-5-4-6-10(11)17-12(18)8-16-9-19/h4-7H,8H2,1-3H3. The van der Waals surface area contributed by atoms with E-state index < -0.39 is 28.8 Å². The third-order valence-corrected chi connectivity index (χ3v) is 3.11. The van der Waals surface area contributed by atoms with E-state index in [0.29, 0.717) is 0 Å². The topological polar surface area (TPSA) is 108 Å². The van der Waals surface area contributed by atoms with Crippen molar-refractivity contribution in [1.82, 2.24) is 4.48 Å². The minimum absolute atomic E-state index is 0.0813. The molecule has 1 aromatic carbocycles. The first-order valence-electron chi connectivity index (χ1n) is 6.79. The third kappa shape index (κ3) is 2.77. The Labute approximate surface area is 132 Å². The van der Waals surface area contributed by atoms with Crippen LogP contribution in [0.2, 0.25) is 0 Å². The highest BCUT2D eigenvalue weighted by molar-refractivity contribution is 6.26. The first-order chi connectivity index (χ1) is 10.7.